The van der Waals surface area contributed by atoms with Crippen molar-refractivity contribution in [1.82, 2.24) is 0 Å². The monoisotopic (exact) mass is 261 g/mol. The third-order valence-electron chi connectivity index (χ3n) is 2.90. The molecule has 0 aliphatic rings. The largest absolute Gasteiger partial charge is 0.496 e. The minimum Gasteiger partial charge on any atom is -0.496 e. The van der Waals surface area contributed by atoms with E-state index in [1.54, 1.807) is 13.2 Å². The standard InChI is InChI=1S/C14H19N3O2/c1-10(2)12-9-11(6-7-14(12)19-3)13(18)5-4-8-16-17-15/h6-7,9-10H,4-5,8H2,1-3H3. The number of rotatable bonds is 7. The second-order valence-electron chi connectivity index (χ2n) is 4.59. The predicted molar refractivity (Wildman–Crippen MR) is 74.7 cm³/mol. The van der Waals surface area contributed by atoms with Gasteiger partial charge in [0.1, 0.15) is 5.75 Å². The number of ether oxygens (including phenoxy) is 1. The molecule has 0 radical (unpaired) electrons. The van der Waals surface area contributed by atoms with Crippen molar-refractivity contribution in [3.05, 3.63) is 39.8 Å². The normalized spacial score (nSPS) is 10.1. The van der Waals surface area contributed by atoms with Gasteiger partial charge in [0.25, 0.3) is 0 Å². The van der Waals surface area contributed by atoms with Crippen LogP contribution in [-0.2, 0) is 0 Å². The summed E-state index contributed by atoms with van der Waals surface area (Å²) in [6, 6.07) is 5.50. The Morgan fingerprint density at radius 3 is 2.79 bits per heavy atom. The Kier molecular flexibility index (Phi) is 5.90. The molecule has 0 spiro atoms. The lowest BCUT2D eigenvalue weighted by Gasteiger charge is -2.13. The van der Waals surface area contributed by atoms with Gasteiger partial charge in [-0.1, -0.05) is 19.0 Å². The lowest BCUT2D eigenvalue weighted by molar-refractivity contribution is 0.0980. The number of benzene rings is 1. The second-order valence-corrected chi connectivity index (χ2v) is 4.59. The maximum atomic E-state index is 12.0. The van der Waals surface area contributed by atoms with Gasteiger partial charge in [0, 0.05) is 23.4 Å². The Labute approximate surface area is 113 Å². The molecule has 0 fully saturated rings. The third kappa shape index (κ3) is 4.30. The maximum absolute atomic E-state index is 12.0. The quantitative estimate of drug-likeness (QED) is 0.244. The van der Waals surface area contributed by atoms with Crippen LogP contribution < -0.4 is 4.74 Å². The molecule has 0 heterocycles. The van der Waals surface area contributed by atoms with Crippen LogP contribution in [-0.4, -0.2) is 19.4 Å². The summed E-state index contributed by atoms with van der Waals surface area (Å²) in [4.78, 5) is 14.7. The van der Waals surface area contributed by atoms with Crippen molar-refractivity contribution in [2.45, 2.75) is 32.6 Å². The molecule has 0 N–H and O–H groups in total. The van der Waals surface area contributed by atoms with E-state index in [1.807, 2.05) is 12.1 Å². The molecule has 0 unspecified atom stereocenters. The Morgan fingerprint density at radius 1 is 1.47 bits per heavy atom. The van der Waals surface area contributed by atoms with Gasteiger partial charge >= 0.3 is 0 Å². The van der Waals surface area contributed by atoms with Gasteiger partial charge in [-0.2, -0.15) is 0 Å². The molecular formula is C14H19N3O2. The van der Waals surface area contributed by atoms with Crippen molar-refractivity contribution in [3.63, 3.8) is 0 Å². The van der Waals surface area contributed by atoms with Gasteiger partial charge < -0.3 is 4.74 Å². The molecule has 0 aromatic heterocycles. The van der Waals surface area contributed by atoms with Gasteiger partial charge in [-0.3, -0.25) is 4.79 Å². The van der Waals surface area contributed by atoms with Crippen LogP contribution in [0.4, 0.5) is 0 Å². The third-order valence-corrected chi connectivity index (χ3v) is 2.90. The first-order valence-corrected chi connectivity index (χ1v) is 6.32. The number of azide groups is 1. The summed E-state index contributed by atoms with van der Waals surface area (Å²) < 4.78 is 5.29. The fourth-order valence-corrected chi connectivity index (χ4v) is 1.86. The zero-order chi connectivity index (χ0) is 14.3. The highest BCUT2D eigenvalue weighted by Crippen LogP contribution is 2.27. The number of hydrogen-bond donors (Lipinski definition) is 0. The summed E-state index contributed by atoms with van der Waals surface area (Å²) in [5.41, 5.74) is 9.88. The average Bonchev–Trinajstić information content (AvgIpc) is 2.42. The molecule has 0 bridgehead atoms. The van der Waals surface area contributed by atoms with Gasteiger partial charge in [-0.05, 0) is 41.6 Å². The minimum absolute atomic E-state index is 0.0673. The fraction of sp³-hybridized carbons (Fsp3) is 0.500. The number of ketones is 1. The summed E-state index contributed by atoms with van der Waals surface area (Å²) >= 11 is 0. The van der Waals surface area contributed by atoms with Crippen molar-refractivity contribution in [3.8, 4) is 5.75 Å². The lowest BCUT2D eigenvalue weighted by Crippen LogP contribution is -2.03. The summed E-state index contributed by atoms with van der Waals surface area (Å²) in [5.74, 6) is 1.17. The van der Waals surface area contributed by atoms with E-state index in [4.69, 9.17) is 10.3 Å². The van der Waals surface area contributed by atoms with E-state index in [0.29, 0.717) is 30.9 Å². The van der Waals surface area contributed by atoms with Crippen molar-refractivity contribution in [1.29, 1.82) is 0 Å². The minimum atomic E-state index is 0.0673. The molecule has 0 aliphatic heterocycles. The Balaban J connectivity index is 2.80. The molecule has 102 valence electrons. The fourth-order valence-electron chi connectivity index (χ4n) is 1.86. The smallest absolute Gasteiger partial charge is 0.162 e. The number of Topliss-reactive ketones (excluding diaryl/α,β-unsaturated/α-hetero) is 1. The highest BCUT2D eigenvalue weighted by atomic mass is 16.5. The summed E-state index contributed by atoms with van der Waals surface area (Å²) in [6.07, 6.45) is 0.967. The number of carbonyl (C=O) groups excluding carboxylic acids is 1. The first kappa shape index (κ1) is 15.1. The molecule has 0 saturated heterocycles. The number of methoxy groups -OCH3 is 1. The van der Waals surface area contributed by atoms with E-state index in [0.717, 1.165) is 11.3 Å². The summed E-state index contributed by atoms with van der Waals surface area (Å²) in [7, 11) is 1.63. The van der Waals surface area contributed by atoms with Crippen LogP contribution in [0, 0.1) is 0 Å². The topological polar surface area (TPSA) is 75.1 Å². The molecule has 1 rings (SSSR count). The van der Waals surface area contributed by atoms with Crippen LogP contribution >= 0.6 is 0 Å². The maximum Gasteiger partial charge on any atom is 0.162 e. The lowest BCUT2D eigenvalue weighted by atomic mass is 9.97. The molecule has 0 saturated carbocycles. The molecule has 1 aromatic rings. The van der Waals surface area contributed by atoms with Crippen LogP contribution in [0.15, 0.2) is 23.3 Å². The van der Waals surface area contributed by atoms with Gasteiger partial charge in [-0.15, -0.1) is 0 Å². The molecular weight excluding hydrogens is 242 g/mol. The van der Waals surface area contributed by atoms with Gasteiger partial charge in [-0.25, -0.2) is 0 Å². The van der Waals surface area contributed by atoms with Crippen LogP contribution in [0.3, 0.4) is 0 Å². The Morgan fingerprint density at radius 2 is 2.21 bits per heavy atom. The molecule has 0 aliphatic carbocycles. The highest BCUT2D eigenvalue weighted by molar-refractivity contribution is 5.96. The number of carbonyl (C=O) groups is 1. The Bertz CT molecular complexity index is 491. The van der Waals surface area contributed by atoms with E-state index in [-0.39, 0.29) is 5.78 Å². The molecule has 0 atom stereocenters. The zero-order valence-corrected chi connectivity index (χ0v) is 11.6. The predicted octanol–water partition coefficient (Wildman–Crippen LogP) is 4.09. The zero-order valence-electron chi connectivity index (χ0n) is 11.6. The SMILES string of the molecule is COc1ccc(C(=O)CCCN=[N+]=[N-])cc1C(C)C. The van der Waals surface area contributed by atoms with Crippen molar-refractivity contribution >= 4 is 5.78 Å². The first-order chi connectivity index (χ1) is 9.10. The van der Waals surface area contributed by atoms with E-state index in [9.17, 15) is 4.79 Å². The first-order valence-electron chi connectivity index (χ1n) is 6.32. The molecule has 5 nitrogen and oxygen atoms in total. The van der Waals surface area contributed by atoms with Gasteiger partial charge in [0.05, 0.1) is 7.11 Å². The van der Waals surface area contributed by atoms with E-state index in [2.05, 4.69) is 23.9 Å². The van der Waals surface area contributed by atoms with Gasteiger partial charge in [0.15, 0.2) is 5.78 Å². The summed E-state index contributed by atoms with van der Waals surface area (Å²) in [5, 5.41) is 3.42. The van der Waals surface area contributed by atoms with E-state index >= 15 is 0 Å². The highest BCUT2D eigenvalue weighted by Gasteiger charge is 2.12. The van der Waals surface area contributed by atoms with E-state index < -0.39 is 0 Å². The van der Waals surface area contributed by atoms with Crippen LogP contribution in [0.2, 0.25) is 0 Å². The average molecular weight is 261 g/mol. The second kappa shape index (κ2) is 7.44. The van der Waals surface area contributed by atoms with Crippen molar-refractivity contribution < 1.29 is 9.53 Å². The summed E-state index contributed by atoms with van der Waals surface area (Å²) in [6.45, 7) is 4.48. The Hall–Kier alpha value is -2.00. The molecule has 19 heavy (non-hydrogen) atoms. The van der Waals surface area contributed by atoms with Crippen LogP contribution in [0.5, 0.6) is 5.75 Å². The molecule has 0 amide bonds. The molecule has 5 heteroatoms. The number of nitrogens with zero attached hydrogens (tertiary/aromatic N) is 3. The van der Waals surface area contributed by atoms with Crippen LogP contribution in [0.1, 0.15) is 48.5 Å². The van der Waals surface area contributed by atoms with Gasteiger partial charge in [0.2, 0.25) is 0 Å². The van der Waals surface area contributed by atoms with Crippen molar-refractivity contribution in [2.24, 2.45) is 5.11 Å². The number of hydrogen-bond acceptors (Lipinski definition) is 3. The molecule has 1 aromatic carbocycles. The van der Waals surface area contributed by atoms with Crippen molar-refractivity contribution in [2.75, 3.05) is 13.7 Å². The van der Waals surface area contributed by atoms with E-state index in [1.165, 1.54) is 0 Å². The van der Waals surface area contributed by atoms with Crippen LogP contribution in [0.25, 0.3) is 10.4 Å².